The minimum Gasteiger partial charge on any atom is -0.334 e. The van der Waals surface area contributed by atoms with E-state index in [4.69, 9.17) is 0 Å². The zero-order chi connectivity index (χ0) is 17.2. The lowest BCUT2D eigenvalue weighted by Crippen LogP contribution is -2.35. The van der Waals surface area contributed by atoms with E-state index >= 15 is 0 Å². The Kier molecular flexibility index (Phi) is 3.89. The highest BCUT2D eigenvalue weighted by atomic mass is 16.2. The predicted octanol–water partition coefficient (Wildman–Crippen LogP) is 2.13. The van der Waals surface area contributed by atoms with Gasteiger partial charge in [0.2, 0.25) is 0 Å². The summed E-state index contributed by atoms with van der Waals surface area (Å²) in [7, 11) is 1.98. The Morgan fingerprint density at radius 2 is 2.20 bits per heavy atom. The van der Waals surface area contributed by atoms with Gasteiger partial charge in [-0.15, -0.1) is 0 Å². The lowest BCUT2D eigenvalue weighted by atomic mass is 10.1. The zero-order valence-corrected chi connectivity index (χ0v) is 13.9. The average molecular weight is 334 g/mol. The van der Waals surface area contributed by atoms with Gasteiger partial charge in [0.25, 0.3) is 5.91 Å². The standard InChI is InChI=1S/C18H18N6O/c1-23-10-7-20-17(23)13-4-8-24(9-5-13)18(25)15-12-21-22-16(15)14-3-2-6-19-11-14/h2-4,6-7,10-12H,5,8-9H2,1H3,(H,21,22). The minimum atomic E-state index is -0.0252. The van der Waals surface area contributed by atoms with Crippen molar-refractivity contribution in [1.82, 2.24) is 29.6 Å². The molecule has 0 saturated heterocycles. The molecule has 0 unspecified atom stereocenters. The summed E-state index contributed by atoms with van der Waals surface area (Å²) >= 11 is 0. The molecule has 7 nitrogen and oxygen atoms in total. The third-order valence-electron chi connectivity index (χ3n) is 4.42. The lowest BCUT2D eigenvalue weighted by Gasteiger charge is -2.26. The first-order chi connectivity index (χ1) is 12.2. The van der Waals surface area contributed by atoms with Crippen LogP contribution in [0.3, 0.4) is 0 Å². The van der Waals surface area contributed by atoms with Gasteiger partial charge in [0.05, 0.1) is 17.5 Å². The summed E-state index contributed by atoms with van der Waals surface area (Å²) < 4.78 is 2.00. The fraction of sp³-hybridized carbons (Fsp3) is 0.222. The number of aromatic nitrogens is 5. The van der Waals surface area contributed by atoms with Gasteiger partial charge in [-0.25, -0.2) is 4.98 Å². The quantitative estimate of drug-likeness (QED) is 0.796. The van der Waals surface area contributed by atoms with Crippen molar-refractivity contribution in [2.75, 3.05) is 13.1 Å². The van der Waals surface area contributed by atoms with Crippen LogP contribution in [0.15, 0.2) is 49.2 Å². The molecular formula is C18H18N6O. The first-order valence-corrected chi connectivity index (χ1v) is 8.14. The highest BCUT2D eigenvalue weighted by molar-refractivity contribution is 6.00. The fourth-order valence-corrected chi connectivity index (χ4v) is 3.08. The molecule has 0 bridgehead atoms. The Morgan fingerprint density at radius 3 is 2.88 bits per heavy atom. The number of nitrogens with zero attached hydrogens (tertiary/aromatic N) is 5. The molecule has 0 fully saturated rings. The number of aromatic amines is 1. The molecule has 3 aromatic heterocycles. The van der Waals surface area contributed by atoms with Crippen LogP contribution in [0.1, 0.15) is 22.6 Å². The Hall–Kier alpha value is -3.22. The van der Waals surface area contributed by atoms with Crippen LogP contribution in [0.25, 0.3) is 16.8 Å². The van der Waals surface area contributed by atoms with E-state index in [9.17, 15) is 4.79 Å². The van der Waals surface area contributed by atoms with E-state index < -0.39 is 0 Å². The van der Waals surface area contributed by atoms with Gasteiger partial charge >= 0.3 is 0 Å². The number of H-pyrrole nitrogens is 1. The second-order valence-electron chi connectivity index (χ2n) is 5.99. The smallest absolute Gasteiger partial charge is 0.257 e. The number of carbonyl (C=O) groups is 1. The number of hydrogen-bond donors (Lipinski definition) is 1. The molecule has 1 aliphatic rings. The van der Waals surface area contributed by atoms with Crippen molar-refractivity contribution in [1.29, 1.82) is 0 Å². The highest BCUT2D eigenvalue weighted by Crippen LogP contribution is 2.25. The molecule has 3 aromatic rings. The number of imidazole rings is 1. The molecule has 126 valence electrons. The van der Waals surface area contributed by atoms with Crippen molar-refractivity contribution < 1.29 is 4.79 Å². The zero-order valence-electron chi connectivity index (χ0n) is 13.9. The highest BCUT2D eigenvalue weighted by Gasteiger charge is 2.24. The Morgan fingerprint density at radius 1 is 1.28 bits per heavy atom. The van der Waals surface area contributed by atoms with Gasteiger partial charge in [0.1, 0.15) is 5.82 Å². The number of nitrogens with one attached hydrogen (secondary N) is 1. The van der Waals surface area contributed by atoms with Crippen LogP contribution in [-0.2, 0) is 7.05 Å². The van der Waals surface area contributed by atoms with Crippen LogP contribution >= 0.6 is 0 Å². The van der Waals surface area contributed by atoms with Gasteiger partial charge in [-0.05, 0) is 24.1 Å². The van der Waals surface area contributed by atoms with E-state index in [0.717, 1.165) is 17.8 Å². The summed E-state index contributed by atoms with van der Waals surface area (Å²) in [6, 6.07) is 3.75. The van der Waals surface area contributed by atoms with Crippen LogP contribution in [0.2, 0.25) is 0 Å². The average Bonchev–Trinajstić information content (AvgIpc) is 3.31. The van der Waals surface area contributed by atoms with E-state index in [0.29, 0.717) is 24.3 Å². The second-order valence-corrected chi connectivity index (χ2v) is 5.99. The van der Waals surface area contributed by atoms with Crippen LogP contribution in [0, 0.1) is 0 Å². The molecule has 1 amide bonds. The minimum absolute atomic E-state index is 0.0252. The normalized spacial score (nSPS) is 14.4. The number of amides is 1. The van der Waals surface area contributed by atoms with Crippen LogP contribution < -0.4 is 0 Å². The van der Waals surface area contributed by atoms with Gasteiger partial charge in [0.15, 0.2) is 0 Å². The predicted molar refractivity (Wildman–Crippen MR) is 93.5 cm³/mol. The van der Waals surface area contributed by atoms with Crippen molar-refractivity contribution in [3.05, 3.63) is 60.6 Å². The summed E-state index contributed by atoms with van der Waals surface area (Å²) in [6.45, 7) is 1.23. The molecule has 7 heteroatoms. The van der Waals surface area contributed by atoms with Crippen molar-refractivity contribution in [2.45, 2.75) is 6.42 Å². The maximum absolute atomic E-state index is 12.9. The topological polar surface area (TPSA) is 79.7 Å². The van der Waals surface area contributed by atoms with E-state index in [2.05, 4.69) is 26.2 Å². The molecule has 0 aliphatic carbocycles. The van der Waals surface area contributed by atoms with Gasteiger partial charge in [0, 0.05) is 50.5 Å². The largest absolute Gasteiger partial charge is 0.334 e. The summed E-state index contributed by atoms with van der Waals surface area (Å²) in [5.41, 5.74) is 3.31. The van der Waals surface area contributed by atoms with Gasteiger partial charge in [-0.2, -0.15) is 5.10 Å². The summed E-state index contributed by atoms with van der Waals surface area (Å²) in [5.74, 6) is 0.939. The molecule has 0 spiro atoms. The molecule has 25 heavy (non-hydrogen) atoms. The van der Waals surface area contributed by atoms with Crippen molar-refractivity contribution >= 4 is 11.5 Å². The number of rotatable bonds is 3. The first-order valence-electron chi connectivity index (χ1n) is 8.14. The fourth-order valence-electron chi connectivity index (χ4n) is 3.08. The summed E-state index contributed by atoms with van der Waals surface area (Å²) in [6.07, 6.45) is 11.6. The second kappa shape index (κ2) is 6.35. The van der Waals surface area contributed by atoms with E-state index in [-0.39, 0.29) is 5.91 Å². The van der Waals surface area contributed by atoms with Crippen molar-refractivity contribution in [3.8, 4) is 11.3 Å². The monoisotopic (exact) mass is 334 g/mol. The molecule has 4 rings (SSSR count). The molecule has 0 radical (unpaired) electrons. The van der Waals surface area contributed by atoms with Crippen LogP contribution in [-0.4, -0.2) is 48.6 Å². The summed E-state index contributed by atoms with van der Waals surface area (Å²) in [5, 5.41) is 6.97. The van der Waals surface area contributed by atoms with Crippen LogP contribution in [0.4, 0.5) is 0 Å². The number of aryl methyl sites for hydroxylation is 1. The number of carbonyl (C=O) groups excluding carboxylic acids is 1. The first kappa shape index (κ1) is 15.3. The van der Waals surface area contributed by atoms with Gasteiger partial charge < -0.3 is 9.47 Å². The molecule has 4 heterocycles. The Labute approximate surface area is 145 Å². The van der Waals surface area contributed by atoms with Gasteiger partial charge in [-0.1, -0.05) is 6.08 Å². The van der Waals surface area contributed by atoms with Gasteiger partial charge in [-0.3, -0.25) is 14.9 Å². The number of pyridine rings is 1. The SMILES string of the molecule is Cn1ccnc1C1=CCN(C(=O)c2cn[nH]c2-c2cccnc2)CC1. The van der Waals surface area contributed by atoms with E-state index in [1.807, 2.05) is 34.8 Å². The number of hydrogen-bond acceptors (Lipinski definition) is 4. The Balaban J connectivity index is 1.55. The molecule has 1 N–H and O–H groups in total. The van der Waals surface area contributed by atoms with Crippen molar-refractivity contribution in [2.24, 2.45) is 7.05 Å². The van der Waals surface area contributed by atoms with Crippen LogP contribution in [0.5, 0.6) is 0 Å². The molecule has 1 aliphatic heterocycles. The van der Waals surface area contributed by atoms with E-state index in [1.165, 1.54) is 5.57 Å². The van der Waals surface area contributed by atoms with Crippen molar-refractivity contribution in [3.63, 3.8) is 0 Å². The molecule has 0 atom stereocenters. The van der Waals surface area contributed by atoms with E-state index in [1.54, 1.807) is 24.8 Å². The molecular weight excluding hydrogens is 316 g/mol. The molecule has 0 saturated carbocycles. The third-order valence-corrected chi connectivity index (χ3v) is 4.42. The third kappa shape index (κ3) is 2.84. The summed E-state index contributed by atoms with van der Waals surface area (Å²) in [4.78, 5) is 23.2. The lowest BCUT2D eigenvalue weighted by molar-refractivity contribution is 0.0773. The maximum Gasteiger partial charge on any atom is 0.257 e. The Bertz CT molecular complexity index is 924. The molecule has 0 aromatic carbocycles. The maximum atomic E-state index is 12.9.